The summed E-state index contributed by atoms with van der Waals surface area (Å²) in [5.41, 5.74) is 0.391. The molecule has 0 saturated carbocycles. The van der Waals surface area contributed by atoms with Crippen LogP contribution in [0.5, 0.6) is 0 Å². The molecule has 80 valence electrons. The molecule has 0 radical (unpaired) electrons. The van der Waals surface area contributed by atoms with E-state index in [2.05, 4.69) is 5.32 Å². The number of nitrogens with one attached hydrogen (secondary N) is 1. The molecule has 0 aliphatic rings. The number of rotatable bonds is 3. The van der Waals surface area contributed by atoms with Gasteiger partial charge in [-0.3, -0.25) is 0 Å². The third-order valence-electron chi connectivity index (χ3n) is 1.81. The smallest absolute Gasteiger partial charge is 0.0992 e. The molecule has 1 aromatic carbocycles. The molecule has 3 nitrogen and oxygen atoms in total. The lowest BCUT2D eigenvalue weighted by molar-refractivity contribution is 0.0945. The first kappa shape index (κ1) is 11.8. The zero-order valence-electron chi connectivity index (χ0n) is 8.71. The van der Waals surface area contributed by atoms with Crippen molar-refractivity contribution in [2.75, 3.05) is 11.9 Å². The number of anilines is 1. The van der Waals surface area contributed by atoms with Crippen molar-refractivity contribution in [3.63, 3.8) is 0 Å². The number of hydrogen-bond acceptors (Lipinski definition) is 3. The summed E-state index contributed by atoms with van der Waals surface area (Å²) in [5, 5.41) is 21.8. The standard InChI is InChI=1S/C11H13ClN2O/c1-11(2,15)7-14-10-5-8(6-13)3-4-9(10)12/h3-5,14-15H,7H2,1-2H3. The molecule has 2 N–H and O–H groups in total. The van der Waals surface area contributed by atoms with Crippen LogP contribution in [0.3, 0.4) is 0 Å². The molecule has 0 aromatic heterocycles. The van der Waals surface area contributed by atoms with Gasteiger partial charge in [0, 0.05) is 6.54 Å². The van der Waals surface area contributed by atoms with Crippen molar-refractivity contribution in [1.82, 2.24) is 0 Å². The fourth-order valence-electron chi connectivity index (χ4n) is 1.04. The van der Waals surface area contributed by atoms with E-state index in [0.29, 0.717) is 22.8 Å². The minimum Gasteiger partial charge on any atom is -0.389 e. The van der Waals surface area contributed by atoms with Crippen molar-refractivity contribution in [3.05, 3.63) is 28.8 Å². The summed E-state index contributed by atoms with van der Waals surface area (Å²) in [7, 11) is 0. The molecule has 0 fully saturated rings. The van der Waals surface area contributed by atoms with Crippen LogP contribution < -0.4 is 5.32 Å². The largest absolute Gasteiger partial charge is 0.389 e. The third kappa shape index (κ3) is 3.78. The number of hydrogen-bond donors (Lipinski definition) is 2. The van der Waals surface area contributed by atoms with Gasteiger partial charge in [-0.25, -0.2) is 0 Å². The number of halogens is 1. The van der Waals surface area contributed by atoms with Gasteiger partial charge in [0.2, 0.25) is 0 Å². The molecular formula is C11H13ClN2O. The van der Waals surface area contributed by atoms with Gasteiger partial charge in [-0.15, -0.1) is 0 Å². The van der Waals surface area contributed by atoms with Crippen LogP contribution in [0, 0.1) is 11.3 Å². The SMILES string of the molecule is CC(C)(O)CNc1cc(C#N)ccc1Cl. The van der Waals surface area contributed by atoms with E-state index in [0.717, 1.165) is 0 Å². The van der Waals surface area contributed by atoms with Crippen molar-refractivity contribution < 1.29 is 5.11 Å². The van der Waals surface area contributed by atoms with Gasteiger partial charge in [0.1, 0.15) is 0 Å². The van der Waals surface area contributed by atoms with Gasteiger partial charge >= 0.3 is 0 Å². The normalized spacial score (nSPS) is 10.9. The van der Waals surface area contributed by atoms with Gasteiger partial charge in [0.15, 0.2) is 0 Å². The summed E-state index contributed by atoms with van der Waals surface area (Å²) in [5.74, 6) is 0. The molecule has 0 atom stereocenters. The molecule has 0 amide bonds. The third-order valence-corrected chi connectivity index (χ3v) is 2.14. The molecule has 0 bridgehead atoms. The van der Waals surface area contributed by atoms with Crippen LogP contribution in [0.4, 0.5) is 5.69 Å². The molecule has 15 heavy (non-hydrogen) atoms. The van der Waals surface area contributed by atoms with E-state index in [1.54, 1.807) is 32.0 Å². The average Bonchev–Trinajstić information content (AvgIpc) is 2.15. The van der Waals surface area contributed by atoms with Crippen LogP contribution in [0.25, 0.3) is 0 Å². The lowest BCUT2D eigenvalue weighted by atomic mass is 10.1. The molecule has 1 aromatic rings. The van der Waals surface area contributed by atoms with Crippen LogP contribution in [0.15, 0.2) is 18.2 Å². The number of aliphatic hydroxyl groups is 1. The predicted molar refractivity (Wildman–Crippen MR) is 61.0 cm³/mol. The van der Waals surface area contributed by atoms with Crippen molar-refractivity contribution in [2.24, 2.45) is 0 Å². The molecule has 0 unspecified atom stereocenters. The van der Waals surface area contributed by atoms with Crippen LogP contribution in [0.1, 0.15) is 19.4 Å². The Kier molecular flexibility index (Phi) is 3.57. The van der Waals surface area contributed by atoms with E-state index in [-0.39, 0.29) is 0 Å². The van der Waals surface area contributed by atoms with Crippen molar-refractivity contribution >= 4 is 17.3 Å². The van der Waals surface area contributed by atoms with Crippen LogP contribution in [-0.4, -0.2) is 17.3 Å². The highest BCUT2D eigenvalue weighted by Gasteiger charge is 2.12. The quantitative estimate of drug-likeness (QED) is 0.829. The summed E-state index contributed by atoms with van der Waals surface area (Å²) < 4.78 is 0. The van der Waals surface area contributed by atoms with Crippen molar-refractivity contribution in [3.8, 4) is 6.07 Å². The highest BCUT2D eigenvalue weighted by Crippen LogP contribution is 2.23. The maximum Gasteiger partial charge on any atom is 0.0992 e. The van der Waals surface area contributed by atoms with Crippen molar-refractivity contribution in [2.45, 2.75) is 19.4 Å². The lowest BCUT2D eigenvalue weighted by Crippen LogP contribution is -2.29. The van der Waals surface area contributed by atoms with Gasteiger partial charge in [-0.1, -0.05) is 11.6 Å². The zero-order valence-corrected chi connectivity index (χ0v) is 9.47. The van der Waals surface area contributed by atoms with E-state index in [4.69, 9.17) is 16.9 Å². The summed E-state index contributed by atoms with van der Waals surface area (Å²) in [4.78, 5) is 0. The number of nitriles is 1. The highest BCUT2D eigenvalue weighted by molar-refractivity contribution is 6.33. The fourth-order valence-corrected chi connectivity index (χ4v) is 1.23. The van der Waals surface area contributed by atoms with E-state index in [9.17, 15) is 5.11 Å². The Balaban J connectivity index is 2.81. The van der Waals surface area contributed by atoms with Crippen LogP contribution in [-0.2, 0) is 0 Å². The monoisotopic (exact) mass is 224 g/mol. The van der Waals surface area contributed by atoms with Gasteiger partial charge in [-0.05, 0) is 32.0 Å². The number of benzene rings is 1. The first-order chi connectivity index (χ1) is 6.92. The predicted octanol–water partition coefficient (Wildman–Crippen LogP) is 2.39. The summed E-state index contributed by atoms with van der Waals surface area (Å²) >= 11 is 5.93. The van der Waals surface area contributed by atoms with Crippen LogP contribution in [0.2, 0.25) is 5.02 Å². The van der Waals surface area contributed by atoms with E-state index in [1.165, 1.54) is 0 Å². The molecule has 0 heterocycles. The molecule has 4 heteroatoms. The highest BCUT2D eigenvalue weighted by atomic mass is 35.5. The second-order valence-electron chi connectivity index (χ2n) is 3.97. The maximum atomic E-state index is 9.53. The van der Waals surface area contributed by atoms with Crippen LogP contribution >= 0.6 is 11.6 Å². The van der Waals surface area contributed by atoms with E-state index in [1.807, 2.05) is 6.07 Å². The second kappa shape index (κ2) is 4.52. The lowest BCUT2D eigenvalue weighted by Gasteiger charge is -2.19. The van der Waals surface area contributed by atoms with Gasteiger partial charge in [0.25, 0.3) is 0 Å². The van der Waals surface area contributed by atoms with Gasteiger partial charge in [0.05, 0.1) is 27.9 Å². The summed E-state index contributed by atoms with van der Waals surface area (Å²) in [6, 6.07) is 7.00. The molecule has 0 spiro atoms. The van der Waals surface area contributed by atoms with Gasteiger partial charge in [-0.2, -0.15) is 5.26 Å². The fraction of sp³-hybridized carbons (Fsp3) is 0.364. The Bertz CT molecular complexity index is 391. The number of nitrogens with zero attached hydrogens (tertiary/aromatic N) is 1. The maximum absolute atomic E-state index is 9.53. The zero-order chi connectivity index (χ0) is 11.5. The Morgan fingerprint density at radius 1 is 1.53 bits per heavy atom. The van der Waals surface area contributed by atoms with E-state index >= 15 is 0 Å². The molecular weight excluding hydrogens is 212 g/mol. The Labute approximate surface area is 94.3 Å². The first-order valence-electron chi connectivity index (χ1n) is 4.58. The van der Waals surface area contributed by atoms with E-state index < -0.39 is 5.60 Å². The Morgan fingerprint density at radius 2 is 2.20 bits per heavy atom. The molecule has 0 aliphatic heterocycles. The first-order valence-corrected chi connectivity index (χ1v) is 4.96. The minimum atomic E-state index is -0.814. The second-order valence-corrected chi connectivity index (χ2v) is 4.38. The summed E-state index contributed by atoms with van der Waals surface area (Å²) in [6.45, 7) is 3.77. The summed E-state index contributed by atoms with van der Waals surface area (Å²) in [6.07, 6.45) is 0. The topological polar surface area (TPSA) is 56.0 Å². The van der Waals surface area contributed by atoms with Gasteiger partial charge < -0.3 is 10.4 Å². The Morgan fingerprint density at radius 3 is 2.73 bits per heavy atom. The van der Waals surface area contributed by atoms with Crippen molar-refractivity contribution in [1.29, 1.82) is 5.26 Å². The average molecular weight is 225 g/mol. The Hall–Kier alpha value is -1.24. The molecule has 0 aliphatic carbocycles. The molecule has 0 saturated heterocycles. The molecule has 1 rings (SSSR count). The minimum absolute atomic E-state index is 0.377.